The average molecular weight is 198 g/mol. The summed E-state index contributed by atoms with van der Waals surface area (Å²) in [4.78, 5) is 10.2. The molecule has 0 aliphatic carbocycles. The van der Waals surface area contributed by atoms with Crippen molar-refractivity contribution >= 4 is 5.97 Å². The molecule has 2 heteroatoms. The molecule has 2 nitrogen and oxygen atoms in total. The highest BCUT2D eigenvalue weighted by Gasteiger charge is 1.99. The monoisotopic (exact) mass is 198 g/mol. The summed E-state index contributed by atoms with van der Waals surface area (Å²) in [5, 5.41) is 8.39. The molecule has 0 rings (SSSR count). The summed E-state index contributed by atoms with van der Waals surface area (Å²) in [6.45, 7) is 4.39. The molecule has 0 radical (unpaired) electrons. The van der Waals surface area contributed by atoms with Gasteiger partial charge >= 0.3 is 5.97 Å². The first-order chi connectivity index (χ1) is 6.66. The maximum Gasteiger partial charge on any atom is 0.327 e. The SMILES string of the molecule is CCCCCCC(C)C/C=C\C(=O)O. The van der Waals surface area contributed by atoms with Gasteiger partial charge in [0.15, 0.2) is 0 Å². The van der Waals surface area contributed by atoms with Crippen molar-refractivity contribution in [3.63, 3.8) is 0 Å². The molecule has 0 aromatic carbocycles. The molecule has 0 aliphatic heterocycles. The fraction of sp³-hybridized carbons (Fsp3) is 0.750. The van der Waals surface area contributed by atoms with Gasteiger partial charge in [-0.05, 0) is 12.3 Å². The maximum absolute atomic E-state index is 10.2. The largest absolute Gasteiger partial charge is 0.478 e. The van der Waals surface area contributed by atoms with Gasteiger partial charge in [0, 0.05) is 6.08 Å². The molecule has 0 amide bonds. The van der Waals surface area contributed by atoms with Crippen molar-refractivity contribution in [2.45, 2.75) is 52.4 Å². The molecule has 1 unspecified atom stereocenters. The molecule has 0 aromatic heterocycles. The number of carbonyl (C=O) groups is 1. The van der Waals surface area contributed by atoms with E-state index in [1.54, 1.807) is 6.08 Å². The standard InChI is InChI=1S/C12H22O2/c1-3-4-5-6-8-11(2)9-7-10-12(13)14/h7,10-11H,3-6,8-9H2,1-2H3,(H,13,14)/b10-7-. The quantitative estimate of drug-likeness (QED) is 0.477. The minimum Gasteiger partial charge on any atom is -0.478 e. The van der Waals surface area contributed by atoms with Crippen LogP contribution in [0.25, 0.3) is 0 Å². The number of hydrogen-bond donors (Lipinski definition) is 1. The van der Waals surface area contributed by atoms with Gasteiger partial charge in [-0.2, -0.15) is 0 Å². The van der Waals surface area contributed by atoms with E-state index in [9.17, 15) is 4.79 Å². The van der Waals surface area contributed by atoms with E-state index >= 15 is 0 Å². The van der Waals surface area contributed by atoms with Gasteiger partial charge in [-0.1, -0.05) is 52.0 Å². The Balaban J connectivity index is 3.36. The number of aliphatic carboxylic acids is 1. The predicted molar refractivity (Wildman–Crippen MR) is 59.3 cm³/mol. The molecule has 0 saturated heterocycles. The molecule has 0 spiro atoms. The number of unbranched alkanes of at least 4 members (excludes halogenated alkanes) is 3. The summed E-state index contributed by atoms with van der Waals surface area (Å²) < 4.78 is 0. The van der Waals surface area contributed by atoms with Crippen LogP contribution in [0.5, 0.6) is 0 Å². The van der Waals surface area contributed by atoms with Crippen LogP contribution in [-0.2, 0) is 4.79 Å². The molecule has 82 valence electrons. The highest BCUT2D eigenvalue weighted by molar-refractivity contribution is 5.79. The number of rotatable bonds is 8. The van der Waals surface area contributed by atoms with Crippen molar-refractivity contribution in [1.82, 2.24) is 0 Å². The van der Waals surface area contributed by atoms with Crippen molar-refractivity contribution in [3.8, 4) is 0 Å². The van der Waals surface area contributed by atoms with Crippen molar-refractivity contribution < 1.29 is 9.90 Å². The smallest absolute Gasteiger partial charge is 0.327 e. The molecule has 0 saturated carbocycles. The van der Waals surface area contributed by atoms with E-state index in [0.717, 1.165) is 6.42 Å². The highest BCUT2D eigenvalue weighted by Crippen LogP contribution is 2.13. The molecule has 1 N–H and O–H groups in total. The lowest BCUT2D eigenvalue weighted by atomic mass is 9.99. The van der Waals surface area contributed by atoms with Crippen LogP contribution >= 0.6 is 0 Å². The van der Waals surface area contributed by atoms with Crippen LogP contribution < -0.4 is 0 Å². The van der Waals surface area contributed by atoms with Gasteiger partial charge in [-0.3, -0.25) is 0 Å². The Morgan fingerprint density at radius 3 is 2.64 bits per heavy atom. The van der Waals surface area contributed by atoms with Crippen LogP contribution in [0.2, 0.25) is 0 Å². The Hall–Kier alpha value is -0.790. The van der Waals surface area contributed by atoms with Gasteiger partial charge in [0.1, 0.15) is 0 Å². The van der Waals surface area contributed by atoms with E-state index in [2.05, 4.69) is 13.8 Å². The normalized spacial score (nSPS) is 13.3. The molecule has 0 heterocycles. The zero-order valence-corrected chi connectivity index (χ0v) is 9.33. The second-order valence-corrected chi connectivity index (χ2v) is 3.93. The van der Waals surface area contributed by atoms with E-state index < -0.39 is 5.97 Å². The van der Waals surface area contributed by atoms with Crippen LogP contribution in [0.15, 0.2) is 12.2 Å². The topological polar surface area (TPSA) is 37.3 Å². The van der Waals surface area contributed by atoms with Crippen LogP contribution in [0, 0.1) is 5.92 Å². The number of allylic oxidation sites excluding steroid dienone is 1. The van der Waals surface area contributed by atoms with E-state index in [1.165, 1.54) is 38.2 Å². The number of hydrogen-bond acceptors (Lipinski definition) is 1. The van der Waals surface area contributed by atoms with Gasteiger partial charge in [0.2, 0.25) is 0 Å². The maximum atomic E-state index is 10.2. The van der Waals surface area contributed by atoms with Crippen molar-refractivity contribution in [2.75, 3.05) is 0 Å². The molecule has 0 aromatic rings. The Kier molecular flexibility index (Phi) is 8.30. The van der Waals surface area contributed by atoms with E-state index in [4.69, 9.17) is 5.11 Å². The minimum absolute atomic E-state index is 0.613. The number of carboxylic acid groups (broad SMARTS) is 1. The van der Waals surface area contributed by atoms with Crippen LogP contribution in [0.1, 0.15) is 52.4 Å². The molecule has 14 heavy (non-hydrogen) atoms. The fourth-order valence-electron chi connectivity index (χ4n) is 1.44. The lowest BCUT2D eigenvalue weighted by Crippen LogP contribution is -1.94. The lowest BCUT2D eigenvalue weighted by Gasteiger charge is -2.07. The van der Waals surface area contributed by atoms with Crippen LogP contribution in [0.4, 0.5) is 0 Å². The zero-order chi connectivity index (χ0) is 10.8. The third-order valence-electron chi connectivity index (χ3n) is 2.35. The van der Waals surface area contributed by atoms with E-state index in [0.29, 0.717) is 5.92 Å². The summed E-state index contributed by atoms with van der Waals surface area (Å²) in [7, 11) is 0. The summed E-state index contributed by atoms with van der Waals surface area (Å²) >= 11 is 0. The molecular weight excluding hydrogens is 176 g/mol. The third kappa shape index (κ3) is 9.30. The van der Waals surface area contributed by atoms with Gasteiger partial charge in [-0.25, -0.2) is 4.79 Å². The van der Waals surface area contributed by atoms with Crippen molar-refractivity contribution in [2.24, 2.45) is 5.92 Å². The summed E-state index contributed by atoms with van der Waals surface area (Å²) in [5.74, 6) is -0.231. The van der Waals surface area contributed by atoms with Gasteiger partial charge in [0.25, 0.3) is 0 Å². The number of carboxylic acids is 1. The molecule has 0 fully saturated rings. The summed E-state index contributed by atoms with van der Waals surface area (Å²) in [6, 6.07) is 0. The summed E-state index contributed by atoms with van der Waals surface area (Å²) in [5.41, 5.74) is 0. The average Bonchev–Trinajstić information content (AvgIpc) is 2.12. The molecule has 1 atom stereocenters. The summed E-state index contributed by atoms with van der Waals surface area (Å²) in [6.07, 6.45) is 10.3. The van der Waals surface area contributed by atoms with Crippen LogP contribution in [0.3, 0.4) is 0 Å². The molecule has 0 bridgehead atoms. The fourth-order valence-corrected chi connectivity index (χ4v) is 1.44. The Labute approximate surface area is 87.0 Å². The zero-order valence-electron chi connectivity index (χ0n) is 9.33. The molecular formula is C12H22O2. The Morgan fingerprint density at radius 1 is 1.36 bits per heavy atom. The second-order valence-electron chi connectivity index (χ2n) is 3.93. The van der Waals surface area contributed by atoms with Crippen molar-refractivity contribution in [3.05, 3.63) is 12.2 Å². The first kappa shape index (κ1) is 13.2. The Morgan fingerprint density at radius 2 is 2.07 bits per heavy atom. The van der Waals surface area contributed by atoms with Gasteiger partial charge in [0.05, 0.1) is 0 Å². The molecule has 0 aliphatic rings. The van der Waals surface area contributed by atoms with Crippen LogP contribution in [-0.4, -0.2) is 11.1 Å². The van der Waals surface area contributed by atoms with Gasteiger partial charge in [-0.15, -0.1) is 0 Å². The third-order valence-corrected chi connectivity index (χ3v) is 2.35. The first-order valence-corrected chi connectivity index (χ1v) is 5.56. The van der Waals surface area contributed by atoms with E-state index in [1.807, 2.05) is 0 Å². The lowest BCUT2D eigenvalue weighted by molar-refractivity contribution is -0.131. The predicted octanol–water partition coefficient (Wildman–Crippen LogP) is 3.62. The van der Waals surface area contributed by atoms with E-state index in [-0.39, 0.29) is 0 Å². The first-order valence-electron chi connectivity index (χ1n) is 5.56. The highest BCUT2D eigenvalue weighted by atomic mass is 16.4. The minimum atomic E-state index is -0.844. The van der Waals surface area contributed by atoms with Gasteiger partial charge < -0.3 is 5.11 Å². The van der Waals surface area contributed by atoms with Crippen molar-refractivity contribution in [1.29, 1.82) is 0 Å². The second kappa shape index (κ2) is 8.79. The Bertz CT molecular complexity index is 173.